The van der Waals surface area contributed by atoms with E-state index in [1.807, 2.05) is 39.0 Å². The predicted octanol–water partition coefficient (Wildman–Crippen LogP) is 3.14. The summed E-state index contributed by atoms with van der Waals surface area (Å²) in [5.74, 6) is -0.172. The minimum absolute atomic E-state index is 0.0309. The maximum atomic E-state index is 12.6. The summed E-state index contributed by atoms with van der Waals surface area (Å²) in [5.41, 5.74) is 8.16. The van der Waals surface area contributed by atoms with Crippen LogP contribution in [0.5, 0.6) is 0 Å². The molecule has 1 heterocycles. The van der Waals surface area contributed by atoms with E-state index in [9.17, 15) is 14.4 Å². The fraction of sp³-hybridized carbons (Fsp3) is 0.273. The largest absolute Gasteiger partial charge is 0.294 e. The van der Waals surface area contributed by atoms with E-state index >= 15 is 0 Å². The van der Waals surface area contributed by atoms with Crippen LogP contribution in [0.1, 0.15) is 41.3 Å². The van der Waals surface area contributed by atoms with Crippen LogP contribution < -0.4 is 16.4 Å². The van der Waals surface area contributed by atoms with Crippen LogP contribution in [0.2, 0.25) is 0 Å². The molecule has 0 aliphatic carbocycles. The molecule has 2 N–H and O–H groups in total. The van der Waals surface area contributed by atoms with Gasteiger partial charge in [-0.1, -0.05) is 29.8 Å². The van der Waals surface area contributed by atoms with Crippen LogP contribution in [0.25, 0.3) is 10.9 Å². The molecule has 7 nitrogen and oxygen atoms in total. The van der Waals surface area contributed by atoms with Crippen molar-refractivity contribution in [3.8, 4) is 0 Å². The van der Waals surface area contributed by atoms with Crippen molar-refractivity contribution in [3.05, 3.63) is 69.5 Å². The van der Waals surface area contributed by atoms with Crippen molar-refractivity contribution in [3.63, 3.8) is 0 Å². The quantitative estimate of drug-likeness (QED) is 0.476. The van der Waals surface area contributed by atoms with Gasteiger partial charge in [-0.15, -0.1) is 0 Å². The Morgan fingerprint density at radius 1 is 1.07 bits per heavy atom. The van der Waals surface area contributed by atoms with E-state index < -0.39 is 0 Å². The topological polar surface area (TPSA) is 93.1 Å². The third-order valence-electron chi connectivity index (χ3n) is 4.76. The maximum Gasteiger partial charge on any atom is 0.262 e. The van der Waals surface area contributed by atoms with Crippen molar-refractivity contribution >= 4 is 28.5 Å². The Hall–Kier alpha value is -3.48. The van der Waals surface area contributed by atoms with E-state index in [0.717, 1.165) is 11.1 Å². The summed E-state index contributed by atoms with van der Waals surface area (Å²) >= 11 is 0. The highest BCUT2D eigenvalue weighted by Gasteiger charge is 2.13. The summed E-state index contributed by atoms with van der Waals surface area (Å²) < 4.78 is 1.45. The highest BCUT2D eigenvalue weighted by molar-refractivity contribution is 5.99. The second-order valence-corrected chi connectivity index (χ2v) is 6.92. The second kappa shape index (κ2) is 8.68. The zero-order chi connectivity index (χ0) is 21.0. The number of rotatable bonds is 7. The number of amides is 1. The average Bonchev–Trinajstić information content (AvgIpc) is 2.72. The van der Waals surface area contributed by atoms with Crippen LogP contribution in [0, 0.1) is 13.8 Å². The molecule has 0 fully saturated rings. The van der Waals surface area contributed by atoms with Crippen LogP contribution in [-0.4, -0.2) is 21.2 Å². The minimum atomic E-state index is -0.353. The number of fused-ring (bicyclic) bond motifs is 1. The maximum absolute atomic E-state index is 12.6. The van der Waals surface area contributed by atoms with Gasteiger partial charge in [-0.2, -0.15) is 0 Å². The van der Waals surface area contributed by atoms with Crippen molar-refractivity contribution in [1.29, 1.82) is 0 Å². The number of nitrogens with zero attached hydrogens (tertiary/aromatic N) is 2. The Morgan fingerprint density at radius 3 is 2.59 bits per heavy atom. The number of carbonyl (C=O) groups is 2. The van der Waals surface area contributed by atoms with Gasteiger partial charge < -0.3 is 0 Å². The van der Waals surface area contributed by atoms with E-state index in [4.69, 9.17) is 0 Å². The Morgan fingerprint density at radius 2 is 1.83 bits per heavy atom. The zero-order valence-corrected chi connectivity index (χ0v) is 16.8. The minimum Gasteiger partial charge on any atom is -0.294 e. The van der Waals surface area contributed by atoms with E-state index in [2.05, 4.69) is 15.8 Å². The summed E-state index contributed by atoms with van der Waals surface area (Å²) in [5, 5.41) is 0.519. The van der Waals surface area contributed by atoms with E-state index in [0.29, 0.717) is 23.0 Å². The van der Waals surface area contributed by atoms with Gasteiger partial charge in [-0.3, -0.25) is 29.8 Å². The number of hydrazine groups is 1. The highest BCUT2D eigenvalue weighted by Crippen LogP contribution is 2.14. The van der Waals surface area contributed by atoms with Gasteiger partial charge >= 0.3 is 0 Å². The molecule has 7 heteroatoms. The molecule has 3 aromatic rings. The molecular formula is C22H24N4O3. The molecule has 0 atom stereocenters. The van der Waals surface area contributed by atoms with E-state index in [1.165, 1.54) is 4.57 Å². The molecule has 0 saturated heterocycles. The number of nitrogens with one attached hydrogen (secondary N) is 2. The van der Waals surface area contributed by atoms with Gasteiger partial charge in [0, 0.05) is 24.9 Å². The number of carbonyl (C=O) groups excluding carboxylic acids is 2. The van der Waals surface area contributed by atoms with Gasteiger partial charge in [0.1, 0.15) is 0 Å². The van der Waals surface area contributed by atoms with Crippen molar-refractivity contribution < 1.29 is 9.59 Å². The van der Waals surface area contributed by atoms with Crippen LogP contribution in [0.15, 0.2) is 47.3 Å². The molecule has 1 aromatic heterocycles. The lowest BCUT2D eigenvalue weighted by Crippen LogP contribution is -2.34. The number of anilines is 1. The first kappa shape index (κ1) is 20.3. The summed E-state index contributed by atoms with van der Waals surface area (Å²) in [4.78, 5) is 41.6. The highest BCUT2D eigenvalue weighted by atomic mass is 16.2. The number of para-hydroxylation sites is 1. The molecule has 0 aliphatic rings. The van der Waals surface area contributed by atoms with Crippen LogP contribution in [0.4, 0.5) is 5.95 Å². The lowest BCUT2D eigenvalue weighted by molar-refractivity contribution is -0.120. The fourth-order valence-corrected chi connectivity index (χ4v) is 3.14. The molecule has 150 valence electrons. The fourth-order valence-electron chi connectivity index (χ4n) is 3.14. The first-order valence-corrected chi connectivity index (χ1v) is 9.55. The number of aromatic nitrogens is 2. The predicted molar refractivity (Wildman–Crippen MR) is 113 cm³/mol. The Bertz CT molecular complexity index is 1130. The van der Waals surface area contributed by atoms with Crippen molar-refractivity contribution in [2.24, 2.45) is 0 Å². The van der Waals surface area contributed by atoms with E-state index in [-0.39, 0.29) is 36.0 Å². The van der Waals surface area contributed by atoms with E-state index in [1.54, 1.807) is 24.3 Å². The number of Topliss-reactive ketones (excluding diaryl/α,β-unsaturated/α-hetero) is 1. The third-order valence-corrected chi connectivity index (χ3v) is 4.76. The Kier molecular flexibility index (Phi) is 6.07. The van der Waals surface area contributed by atoms with Crippen molar-refractivity contribution in [2.45, 2.75) is 40.2 Å². The van der Waals surface area contributed by atoms with Crippen LogP contribution >= 0.6 is 0 Å². The molecule has 0 bridgehead atoms. The smallest absolute Gasteiger partial charge is 0.262 e. The molecule has 2 aromatic carbocycles. The molecule has 0 spiro atoms. The number of ketones is 1. The SMILES string of the molecule is CCn1c(NNC(=O)CCC(=O)c2cc(C)ccc2C)nc2ccccc2c1=O. The van der Waals surface area contributed by atoms with Gasteiger partial charge in [0.15, 0.2) is 5.78 Å². The van der Waals surface area contributed by atoms with Gasteiger partial charge in [-0.25, -0.2) is 4.98 Å². The van der Waals surface area contributed by atoms with Gasteiger partial charge in [0.25, 0.3) is 5.56 Å². The van der Waals surface area contributed by atoms with Gasteiger partial charge in [0.2, 0.25) is 11.9 Å². The number of hydrogen-bond donors (Lipinski definition) is 2. The van der Waals surface area contributed by atoms with Gasteiger partial charge in [0.05, 0.1) is 10.9 Å². The molecule has 3 rings (SSSR count). The molecule has 29 heavy (non-hydrogen) atoms. The lowest BCUT2D eigenvalue weighted by atomic mass is 9.99. The number of benzene rings is 2. The summed E-state index contributed by atoms with van der Waals surface area (Å²) in [6, 6.07) is 12.7. The summed E-state index contributed by atoms with van der Waals surface area (Å²) in [7, 11) is 0. The molecular weight excluding hydrogens is 368 g/mol. The molecule has 0 aliphatic heterocycles. The zero-order valence-electron chi connectivity index (χ0n) is 16.8. The molecule has 0 saturated carbocycles. The Balaban J connectivity index is 1.66. The van der Waals surface area contributed by atoms with Crippen LogP contribution in [0.3, 0.4) is 0 Å². The van der Waals surface area contributed by atoms with Crippen LogP contribution in [-0.2, 0) is 11.3 Å². The first-order valence-electron chi connectivity index (χ1n) is 9.55. The Labute approximate surface area is 168 Å². The first-order chi connectivity index (χ1) is 13.9. The standard InChI is InChI=1S/C22H24N4O3/c1-4-26-21(29)16-7-5-6-8-18(16)23-22(26)25-24-20(28)12-11-19(27)17-13-14(2)9-10-15(17)3/h5-10,13H,4,11-12H2,1-3H3,(H,23,25)(H,24,28). The third kappa shape index (κ3) is 4.51. The summed E-state index contributed by atoms with van der Waals surface area (Å²) in [6.45, 7) is 6.04. The number of aryl methyl sites for hydroxylation is 2. The lowest BCUT2D eigenvalue weighted by Gasteiger charge is -2.14. The van der Waals surface area contributed by atoms with Crippen molar-refractivity contribution in [1.82, 2.24) is 15.0 Å². The van der Waals surface area contributed by atoms with Gasteiger partial charge in [-0.05, 0) is 44.5 Å². The monoisotopic (exact) mass is 392 g/mol. The summed E-state index contributed by atoms with van der Waals surface area (Å²) in [6.07, 6.45) is 0.132. The molecule has 0 radical (unpaired) electrons. The second-order valence-electron chi connectivity index (χ2n) is 6.92. The van der Waals surface area contributed by atoms with Crippen molar-refractivity contribution in [2.75, 3.05) is 5.43 Å². The molecule has 1 amide bonds. The molecule has 0 unspecified atom stereocenters. The normalized spacial score (nSPS) is 10.7. The number of hydrogen-bond acceptors (Lipinski definition) is 5. The average molecular weight is 392 g/mol.